The number of ketones is 1. The quantitative estimate of drug-likeness (QED) is 0.0949. The molecule has 1 fully saturated rings. The van der Waals surface area contributed by atoms with E-state index in [0.29, 0.717) is 21.9 Å². The number of nitrogens with one attached hydrogen (secondary N) is 4. The van der Waals surface area contributed by atoms with Crippen LogP contribution in [0.5, 0.6) is 0 Å². The normalized spacial score (nSPS) is 14.4. The van der Waals surface area contributed by atoms with Gasteiger partial charge in [-0.25, -0.2) is 8.42 Å². The van der Waals surface area contributed by atoms with Crippen molar-refractivity contribution >= 4 is 63.1 Å². The Labute approximate surface area is 326 Å². The van der Waals surface area contributed by atoms with Gasteiger partial charge in [0.05, 0.1) is 18.7 Å². The van der Waals surface area contributed by atoms with Crippen LogP contribution in [-0.2, 0) is 43.1 Å². The zero-order chi connectivity index (χ0) is 40.1. The molecule has 294 valence electrons. The summed E-state index contributed by atoms with van der Waals surface area (Å²) in [5.41, 5.74) is 1.85. The fourth-order valence-corrected chi connectivity index (χ4v) is 9.14. The van der Waals surface area contributed by atoms with Crippen molar-refractivity contribution in [3.63, 3.8) is 0 Å². The number of Topliss-reactive ketones (excluding diaryl/α,β-unsaturated/α-hetero) is 1. The highest BCUT2D eigenvalue weighted by molar-refractivity contribution is 7.89. The maximum atomic E-state index is 14.4. The summed E-state index contributed by atoms with van der Waals surface area (Å²) in [6.07, 6.45) is 4.48. The van der Waals surface area contributed by atoms with Gasteiger partial charge in [0, 0.05) is 21.9 Å². The number of hydrogen-bond acceptors (Lipinski definition) is 9. The summed E-state index contributed by atoms with van der Waals surface area (Å²) in [5, 5.41) is 8.27. The summed E-state index contributed by atoms with van der Waals surface area (Å²) in [4.78, 5) is 67.5. The number of anilines is 1. The van der Waals surface area contributed by atoms with Crippen molar-refractivity contribution in [2.75, 3.05) is 18.2 Å². The lowest BCUT2D eigenvalue weighted by Crippen LogP contribution is -2.55. The van der Waals surface area contributed by atoms with Crippen molar-refractivity contribution in [3.8, 4) is 11.1 Å². The van der Waals surface area contributed by atoms with Crippen LogP contribution in [0.1, 0.15) is 44.9 Å². The molecule has 4 N–H and O–H groups in total. The van der Waals surface area contributed by atoms with Gasteiger partial charge in [0.1, 0.15) is 12.6 Å². The van der Waals surface area contributed by atoms with Gasteiger partial charge in [0.25, 0.3) is 7.37 Å². The first-order chi connectivity index (χ1) is 26.8. The Morgan fingerprint density at radius 1 is 0.714 bits per heavy atom. The maximum absolute atomic E-state index is 14.4. The largest absolute Gasteiger partial charge is 0.344 e. The average Bonchev–Trinajstić information content (AvgIpc) is 3.20. The lowest BCUT2D eigenvalue weighted by Gasteiger charge is -2.28. The maximum Gasteiger partial charge on any atom is 0.313 e. The molecule has 2 atom stereocenters. The molecule has 0 radical (unpaired) electrons. The summed E-state index contributed by atoms with van der Waals surface area (Å²) in [6, 6.07) is 29.7. The van der Waals surface area contributed by atoms with E-state index in [9.17, 15) is 37.0 Å². The van der Waals surface area contributed by atoms with E-state index in [2.05, 4.69) is 16.0 Å². The second-order valence-electron chi connectivity index (χ2n) is 13.7. The van der Waals surface area contributed by atoms with Gasteiger partial charge >= 0.3 is 11.8 Å². The minimum atomic E-state index is -4.04. The van der Waals surface area contributed by atoms with Crippen LogP contribution in [0.2, 0.25) is 0 Å². The molecule has 0 bridgehead atoms. The van der Waals surface area contributed by atoms with Gasteiger partial charge < -0.3 is 20.5 Å². The van der Waals surface area contributed by atoms with Crippen molar-refractivity contribution in [1.29, 1.82) is 0 Å². The number of carbonyl (C=O) groups is 5. The number of para-hydroxylation sites is 1. The fraction of sp³-hybridized carbons (Fsp3) is 0.293. The molecule has 1 saturated carbocycles. The van der Waals surface area contributed by atoms with E-state index >= 15 is 0 Å². The minimum Gasteiger partial charge on any atom is -0.344 e. The van der Waals surface area contributed by atoms with Crippen LogP contribution >= 0.6 is 7.37 Å². The van der Waals surface area contributed by atoms with Gasteiger partial charge in [-0.05, 0) is 48.2 Å². The van der Waals surface area contributed by atoms with Gasteiger partial charge in [0.15, 0.2) is 5.78 Å². The van der Waals surface area contributed by atoms with Crippen LogP contribution < -0.4 is 31.3 Å². The number of amides is 4. The molecule has 1 aliphatic rings. The van der Waals surface area contributed by atoms with Gasteiger partial charge in [-0.3, -0.25) is 33.3 Å². The lowest BCUT2D eigenvalue weighted by molar-refractivity contribution is -0.138. The van der Waals surface area contributed by atoms with Gasteiger partial charge in [-0.15, -0.1) is 0 Å². The van der Waals surface area contributed by atoms with Gasteiger partial charge in [0.2, 0.25) is 21.8 Å². The molecule has 0 spiro atoms. The standard InChI is InChI=1S/C41H45N4O9PS/c1-56(52,53)45-38(47)27-35(37(46)28-54-55(51,31-20-10-4-11-21-31)32-22-12-5-13-23-32)43-39(48)36(26-29-16-6-2-7-17-29)44-41(50)40(49)42-34-25-15-14-24-33(34)30-18-8-3-9-19-30/h3-5,8-15,18-25,29,35-36H,2,6-7,16-17,26-28H2,1H3,(H,42,49)(H,43,48)(H,44,50)(H,45,47). The van der Waals surface area contributed by atoms with Gasteiger partial charge in [-0.1, -0.05) is 117 Å². The monoisotopic (exact) mass is 800 g/mol. The fourth-order valence-electron chi connectivity index (χ4n) is 6.61. The molecule has 15 heteroatoms. The van der Waals surface area contributed by atoms with Crippen molar-refractivity contribution in [1.82, 2.24) is 15.4 Å². The van der Waals surface area contributed by atoms with E-state index in [4.69, 9.17) is 4.52 Å². The van der Waals surface area contributed by atoms with Crippen LogP contribution in [0.3, 0.4) is 0 Å². The Kier molecular flexibility index (Phi) is 14.5. The average molecular weight is 801 g/mol. The van der Waals surface area contributed by atoms with Crippen molar-refractivity contribution in [2.24, 2.45) is 5.92 Å². The summed E-state index contributed by atoms with van der Waals surface area (Å²) >= 11 is 0. The molecule has 1 aliphatic carbocycles. The summed E-state index contributed by atoms with van der Waals surface area (Å²) in [7, 11) is -7.92. The Morgan fingerprint density at radius 2 is 1.27 bits per heavy atom. The molecular formula is C41H45N4O9PS. The highest BCUT2D eigenvalue weighted by Gasteiger charge is 2.35. The zero-order valence-corrected chi connectivity index (χ0v) is 32.6. The molecule has 0 saturated heterocycles. The Balaban J connectivity index is 1.37. The van der Waals surface area contributed by atoms with E-state index in [-0.39, 0.29) is 12.3 Å². The lowest BCUT2D eigenvalue weighted by atomic mass is 9.84. The Bertz CT molecular complexity index is 2120. The Hall–Kier alpha value is -5.43. The van der Waals surface area contributed by atoms with E-state index in [1.54, 1.807) is 89.7 Å². The first-order valence-electron chi connectivity index (χ1n) is 18.3. The van der Waals surface area contributed by atoms with E-state index < -0.39 is 71.9 Å². The van der Waals surface area contributed by atoms with Crippen LogP contribution in [0.15, 0.2) is 115 Å². The molecule has 0 heterocycles. The highest BCUT2D eigenvalue weighted by Crippen LogP contribution is 2.44. The molecule has 4 amide bonds. The van der Waals surface area contributed by atoms with Crippen molar-refractivity contribution in [3.05, 3.63) is 115 Å². The van der Waals surface area contributed by atoms with Crippen LogP contribution in [0.4, 0.5) is 5.69 Å². The molecule has 2 unspecified atom stereocenters. The third-order valence-corrected chi connectivity index (χ3v) is 12.4. The van der Waals surface area contributed by atoms with E-state index in [1.165, 1.54) is 0 Å². The van der Waals surface area contributed by atoms with E-state index in [0.717, 1.165) is 43.9 Å². The number of rotatable bonds is 16. The van der Waals surface area contributed by atoms with Crippen LogP contribution in [0, 0.1) is 5.92 Å². The number of benzene rings is 4. The number of carbonyl (C=O) groups excluding carboxylic acids is 5. The van der Waals surface area contributed by atoms with Crippen molar-refractivity contribution in [2.45, 2.75) is 57.0 Å². The SMILES string of the molecule is CS(=O)(=O)NC(=O)CC(NC(=O)C(CC1CCCCC1)NC(=O)C(=O)Nc1ccccc1-c1ccccc1)C(=O)COP(=O)(c1ccccc1)c1ccccc1. The second-order valence-corrected chi connectivity index (χ2v) is 17.8. The second kappa shape index (κ2) is 19.4. The molecular weight excluding hydrogens is 756 g/mol. The Morgan fingerprint density at radius 3 is 1.86 bits per heavy atom. The highest BCUT2D eigenvalue weighted by atomic mass is 32.2. The van der Waals surface area contributed by atoms with Crippen LogP contribution in [-0.4, -0.2) is 62.8 Å². The molecule has 4 aromatic carbocycles. The predicted molar refractivity (Wildman–Crippen MR) is 214 cm³/mol. The van der Waals surface area contributed by atoms with Gasteiger partial charge in [-0.2, -0.15) is 0 Å². The molecule has 5 rings (SSSR count). The summed E-state index contributed by atoms with van der Waals surface area (Å²) in [6.45, 7) is -0.832. The molecule has 0 aliphatic heterocycles. The third-order valence-electron chi connectivity index (χ3n) is 9.36. The topological polar surface area (TPSA) is 194 Å². The smallest absolute Gasteiger partial charge is 0.313 e. The molecule has 0 aromatic heterocycles. The number of hydrogen-bond donors (Lipinski definition) is 4. The van der Waals surface area contributed by atoms with Crippen molar-refractivity contribution < 1.29 is 41.5 Å². The summed E-state index contributed by atoms with van der Waals surface area (Å²) in [5.74, 6) is -4.97. The minimum absolute atomic E-state index is 0.00955. The third kappa shape index (κ3) is 11.8. The predicted octanol–water partition coefficient (Wildman–Crippen LogP) is 4.21. The molecule has 13 nitrogen and oxygen atoms in total. The zero-order valence-electron chi connectivity index (χ0n) is 30.9. The van der Waals surface area contributed by atoms with E-state index in [1.807, 2.05) is 30.3 Å². The first kappa shape index (κ1) is 41.7. The van der Waals surface area contributed by atoms with Crippen LogP contribution in [0.25, 0.3) is 11.1 Å². The number of sulfonamides is 1. The first-order valence-corrected chi connectivity index (χ1v) is 21.8. The molecule has 56 heavy (non-hydrogen) atoms. The summed E-state index contributed by atoms with van der Waals surface area (Å²) < 4.78 is 45.8. The molecule has 4 aromatic rings.